The predicted octanol–water partition coefficient (Wildman–Crippen LogP) is 3.48. The molecule has 2 aromatic heterocycles. The maximum absolute atomic E-state index is 13.2. The number of nitriles is 1. The highest BCUT2D eigenvalue weighted by atomic mass is 19.1. The lowest BCUT2D eigenvalue weighted by molar-refractivity contribution is 0.567. The van der Waals surface area contributed by atoms with Crippen LogP contribution in [0.2, 0.25) is 0 Å². The second kappa shape index (κ2) is 7.57. The molecule has 3 aromatic rings. The summed E-state index contributed by atoms with van der Waals surface area (Å²) in [5.74, 6) is 0.351. The Kier molecular flexibility index (Phi) is 5.04. The molecule has 130 valence electrons. The number of nitrogens with zero attached hydrogens (tertiary/aromatic N) is 4. The quantitative estimate of drug-likeness (QED) is 0.561. The zero-order valence-corrected chi connectivity index (χ0v) is 14.1. The maximum atomic E-state index is 13.2. The average molecular weight is 349 g/mol. The summed E-state index contributed by atoms with van der Waals surface area (Å²) in [4.78, 5) is 12.7. The molecule has 26 heavy (non-hydrogen) atoms. The smallest absolute Gasteiger partial charge is 0.229 e. The molecular formula is C19H16FN5O. The van der Waals surface area contributed by atoms with Gasteiger partial charge in [-0.25, -0.2) is 14.4 Å². The Morgan fingerprint density at radius 1 is 1.35 bits per heavy atom. The summed E-state index contributed by atoms with van der Waals surface area (Å²) >= 11 is 0. The molecule has 0 unspecified atom stereocenters. The first-order chi connectivity index (χ1) is 12.6. The third kappa shape index (κ3) is 3.59. The number of hydrogen-bond acceptors (Lipinski definition) is 6. The number of aromatic nitrogens is 2. The molecule has 0 bridgehead atoms. The molecule has 0 amide bonds. The highest BCUT2D eigenvalue weighted by molar-refractivity contribution is 6.21. The van der Waals surface area contributed by atoms with E-state index < -0.39 is 0 Å². The van der Waals surface area contributed by atoms with Crippen molar-refractivity contribution in [3.05, 3.63) is 59.5 Å². The van der Waals surface area contributed by atoms with E-state index in [0.29, 0.717) is 52.4 Å². The van der Waals surface area contributed by atoms with Crippen molar-refractivity contribution in [1.82, 2.24) is 9.97 Å². The Morgan fingerprint density at radius 3 is 2.85 bits per heavy atom. The van der Waals surface area contributed by atoms with Gasteiger partial charge in [-0.3, -0.25) is 4.99 Å². The highest BCUT2D eigenvalue weighted by Crippen LogP contribution is 2.27. The first-order valence-corrected chi connectivity index (χ1v) is 7.94. The average Bonchev–Trinajstić information content (AvgIpc) is 3.02. The number of allylic oxidation sites excluding steroid dienone is 1. The zero-order chi connectivity index (χ0) is 18.5. The maximum Gasteiger partial charge on any atom is 0.229 e. The fraction of sp³-hybridized carbons (Fsp3) is 0.158. The number of benzene rings is 1. The van der Waals surface area contributed by atoms with Crippen LogP contribution >= 0.6 is 0 Å². The Hall–Kier alpha value is -3.53. The Bertz CT molecular complexity index is 1030. The van der Waals surface area contributed by atoms with Gasteiger partial charge in [0.1, 0.15) is 17.9 Å². The van der Waals surface area contributed by atoms with Crippen LogP contribution in [0.15, 0.2) is 46.1 Å². The van der Waals surface area contributed by atoms with Gasteiger partial charge in [-0.05, 0) is 42.8 Å². The van der Waals surface area contributed by atoms with Gasteiger partial charge in [0.25, 0.3) is 0 Å². The predicted molar refractivity (Wildman–Crippen MR) is 97.5 cm³/mol. The Balaban J connectivity index is 2.17. The van der Waals surface area contributed by atoms with Crippen LogP contribution < -0.4 is 5.73 Å². The van der Waals surface area contributed by atoms with Gasteiger partial charge < -0.3 is 10.2 Å². The molecule has 0 aliphatic rings. The number of fused-ring (bicyclic) bond motifs is 1. The van der Waals surface area contributed by atoms with Crippen molar-refractivity contribution in [2.45, 2.75) is 13.3 Å². The summed E-state index contributed by atoms with van der Waals surface area (Å²) in [6.07, 6.45) is 3.27. The van der Waals surface area contributed by atoms with Crippen LogP contribution in [0.4, 0.5) is 4.39 Å². The summed E-state index contributed by atoms with van der Waals surface area (Å²) < 4.78 is 18.8. The van der Waals surface area contributed by atoms with Crippen molar-refractivity contribution in [3.63, 3.8) is 0 Å². The topological polar surface area (TPSA) is 101 Å². The largest absolute Gasteiger partial charge is 0.443 e. The molecule has 0 saturated heterocycles. The van der Waals surface area contributed by atoms with Crippen molar-refractivity contribution in [1.29, 1.82) is 5.26 Å². The molecule has 3 rings (SSSR count). The molecule has 0 fully saturated rings. The molecule has 0 aliphatic carbocycles. The summed E-state index contributed by atoms with van der Waals surface area (Å²) in [5.41, 5.74) is 8.94. The Labute approximate surface area is 149 Å². The van der Waals surface area contributed by atoms with Gasteiger partial charge in [-0.2, -0.15) is 5.26 Å². The van der Waals surface area contributed by atoms with E-state index in [9.17, 15) is 4.39 Å². The molecule has 0 aliphatic heterocycles. The summed E-state index contributed by atoms with van der Waals surface area (Å²) in [6.45, 7) is 2.16. The van der Waals surface area contributed by atoms with Gasteiger partial charge in [-0.1, -0.05) is 0 Å². The number of hydrogen-bond donors (Lipinski definition) is 1. The van der Waals surface area contributed by atoms with Gasteiger partial charge >= 0.3 is 0 Å². The SMILES string of the molecule is Cc1cc2c(/C(C=NCCC#N)=C(/N)c3ccc(F)cc3)ncnc2o1. The van der Waals surface area contributed by atoms with Crippen molar-refractivity contribution >= 4 is 28.6 Å². The zero-order valence-electron chi connectivity index (χ0n) is 14.1. The van der Waals surface area contributed by atoms with Crippen LogP contribution in [-0.4, -0.2) is 22.7 Å². The number of furan rings is 1. The van der Waals surface area contributed by atoms with Crippen LogP contribution in [0, 0.1) is 24.1 Å². The van der Waals surface area contributed by atoms with Crippen LogP contribution in [-0.2, 0) is 0 Å². The van der Waals surface area contributed by atoms with Gasteiger partial charge in [0.15, 0.2) is 0 Å². The summed E-state index contributed by atoms with van der Waals surface area (Å²) in [5, 5.41) is 9.38. The van der Waals surface area contributed by atoms with Crippen molar-refractivity contribution in [2.75, 3.05) is 6.54 Å². The lowest BCUT2D eigenvalue weighted by Crippen LogP contribution is -2.05. The standard InChI is InChI=1S/C19H16FN5O/c1-12-9-15-18(24-11-25-19(15)26-12)16(10-23-8-2-7-21)17(22)13-3-5-14(20)6-4-13/h3-6,9-11H,2,8,22H2,1H3/b17-16+,23-10?. The minimum absolute atomic E-state index is 0.296. The highest BCUT2D eigenvalue weighted by Gasteiger charge is 2.15. The molecule has 1 aromatic carbocycles. The minimum Gasteiger partial charge on any atom is -0.443 e. The van der Waals surface area contributed by atoms with Crippen LogP contribution in [0.3, 0.4) is 0 Å². The van der Waals surface area contributed by atoms with E-state index in [2.05, 4.69) is 15.0 Å². The minimum atomic E-state index is -0.347. The first-order valence-electron chi connectivity index (χ1n) is 7.94. The van der Waals surface area contributed by atoms with E-state index >= 15 is 0 Å². The van der Waals surface area contributed by atoms with Crippen LogP contribution in [0.1, 0.15) is 23.4 Å². The summed E-state index contributed by atoms with van der Waals surface area (Å²) in [7, 11) is 0. The lowest BCUT2D eigenvalue weighted by Gasteiger charge is -2.09. The molecule has 7 heteroatoms. The van der Waals surface area contributed by atoms with E-state index in [1.807, 2.05) is 19.1 Å². The fourth-order valence-corrected chi connectivity index (χ4v) is 2.50. The molecule has 2 heterocycles. The first kappa shape index (κ1) is 17.3. The van der Waals surface area contributed by atoms with E-state index in [1.54, 1.807) is 18.3 Å². The van der Waals surface area contributed by atoms with Gasteiger partial charge in [0, 0.05) is 17.5 Å². The van der Waals surface area contributed by atoms with Gasteiger partial charge in [-0.15, -0.1) is 0 Å². The molecule has 6 nitrogen and oxygen atoms in total. The van der Waals surface area contributed by atoms with Crippen LogP contribution in [0.25, 0.3) is 22.4 Å². The van der Waals surface area contributed by atoms with Crippen molar-refractivity contribution < 1.29 is 8.81 Å². The number of halogens is 1. The Morgan fingerprint density at radius 2 is 2.12 bits per heavy atom. The monoisotopic (exact) mass is 349 g/mol. The lowest BCUT2D eigenvalue weighted by atomic mass is 10.0. The van der Waals surface area contributed by atoms with E-state index in [0.717, 1.165) is 0 Å². The summed E-state index contributed by atoms with van der Waals surface area (Å²) in [6, 6.07) is 9.72. The second-order valence-corrected chi connectivity index (χ2v) is 5.58. The van der Waals surface area contributed by atoms with Crippen molar-refractivity contribution in [3.8, 4) is 6.07 Å². The molecule has 0 atom stereocenters. The molecule has 0 spiro atoms. The second-order valence-electron chi connectivity index (χ2n) is 5.58. The fourth-order valence-electron chi connectivity index (χ4n) is 2.50. The molecule has 0 radical (unpaired) electrons. The van der Waals surface area contributed by atoms with E-state index in [4.69, 9.17) is 15.4 Å². The van der Waals surface area contributed by atoms with Crippen molar-refractivity contribution in [2.24, 2.45) is 10.7 Å². The third-order valence-electron chi connectivity index (χ3n) is 3.73. The third-order valence-corrected chi connectivity index (χ3v) is 3.73. The number of nitrogens with two attached hydrogens (primary N) is 1. The molecule has 2 N–H and O–H groups in total. The van der Waals surface area contributed by atoms with Crippen LogP contribution in [0.5, 0.6) is 0 Å². The number of rotatable bonds is 5. The number of aliphatic imine (C=N–C) groups is 1. The normalized spacial score (nSPS) is 12.3. The van der Waals surface area contributed by atoms with E-state index in [-0.39, 0.29) is 5.82 Å². The van der Waals surface area contributed by atoms with Gasteiger partial charge in [0.2, 0.25) is 5.71 Å². The van der Waals surface area contributed by atoms with Gasteiger partial charge in [0.05, 0.1) is 30.1 Å². The van der Waals surface area contributed by atoms with E-state index in [1.165, 1.54) is 18.5 Å². The molecule has 0 saturated carbocycles. The number of aryl methyl sites for hydroxylation is 1. The molecular weight excluding hydrogens is 333 g/mol.